The minimum absolute atomic E-state index is 0.0851. The molecule has 0 bridgehead atoms. The fourth-order valence-electron chi connectivity index (χ4n) is 2.91. The summed E-state index contributed by atoms with van der Waals surface area (Å²) in [7, 11) is 1.58. The van der Waals surface area contributed by atoms with Gasteiger partial charge in [-0.2, -0.15) is 0 Å². The predicted octanol–water partition coefficient (Wildman–Crippen LogP) is 1.67. The third-order valence-corrected chi connectivity index (χ3v) is 5.19. The number of hydrogen-bond donors (Lipinski definition) is 3. The second kappa shape index (κ2) is 6.76. The Labute approximate surface area is 156 Å². The van der Waals surface area contributed by atoms with E-state index < -0.39 is 5.69 Å². The third kappa shape index (κ3) is 3.13. The number of carbonyl (C=O) groups is 1. The summed E-state index contributed by atoms with van der Waals surface area (Å²) in [6.07, 6.45) is 0. The van der Waals surface area contributed by atoms with Crippen LogP contribution in [-0.4, -0.2) is 34.1 Å². The standard InChI is InChI=1S/C18H16N4O4S/c1-26-11-3-2-10-8-14(20-13(10)9-11)16(23)19-5-6-22-17(24)15-12(4-7-27-15)21-18(22)25/h2-4,7-9,20H,5-6H2,1H3,(H,19,23)(H,21,25). The molecule has 0 aliphatic heterocycles. The topological polar surface area (TPSA) is 109 Å². The number of thiophene rings is 1. The number of ether oxygens (including phenoxy) is 1. The maximum Gasteiger partial charge on any atom is 0.328 e. The number of rotatable bonds is 5. The smallest absolute Gasteiger partial charge is 0.328 e. The van der Waals surface area contributed by atoms with E-state index in [0.717, 1.165) is 15.5 Å². The van der Waals surface area contributed by atoms with Gasteiger partial charge in [0.2, 0.25) is 0 Å². The SMILES string of the molecule is COc1ccc2cc(C(=O)NCCn3c(=O)[nH]c4ccsc4c3=O)[nH]c2c1. The minimum Gasteiger partial charge on any atom is -0.497 e. The normalized spacial score (nSPS) is 11.1. The van der Waals surface area contributed by atoms with E-state index in [2.05, 4.69) is 15.3 Å². The summed E-state index contributed by atoms with van der Waals surface area (Å²) in [5, 5.41) is 5.36. The van der Waals surface area contributed by atoms with Gasteiger partial charge in [0, 0.05) is 30.1 Å². The van der Waals surface area contributed by atoms with Crippen LogP contribution in [0, 0.1) is 0 Å². The van der Waals surface area contributed by atoms with Gasteiger partial charge in [-0.25, -0.2) is 4.79 Å². The van der Waals surface area contributed by atoms with E-state index in [1.807, 2.05) is 18.2 Å². The second-order valence-electron chi connectivity index (χ2n) is 5.94. The molecule has 4 aromatic rings. The van der Waals surface area contributed by atoms with E-state index in [-0.39, 0.29) is 24.6 Å². The molecule has 27 heavy (non-hydrogen) atoms. The summed E-state index contributed by atoms with van der Waals surface area (Å²) in [5.74, 6) is 0.380. The van der Waals surface area contributed by atoms with Crippen LogP contribution in [0.4, 0.5) is 0 Å². The summed E-state index contributed by atoms with van der Waals surface area (Å²) in [5.41, 5.74) is 0.876. The van der Waals surface area contributed by atoms with Crippen molar-refractivity contribution in [2.75, 3.05) is 13.7 Å². The summed E-state index contributed by atoms with van der Waals surface area (Å²) in [6.45, 7) is 0.235. The Morgan fingerprint density at radius 1 is 1.19 bits per heavy atom. The summed E-state index contributed by atoms with van der Waals surface area (Å²) in [4.78, 5) is 42.5. The van der Waals surface area contributed by atoms with Crippen LogP contribution in [0.1, 0.15) is 10.5 Å². The highest BCUT2D eigenvalue weighted by Crippen LogP contribution is 2.21. The second-order valence-corrected chi connectivity index (χ2v) is 6.86. The lowest BCUT2D eigenvalue weighted by Crippen LogP contribution is -2.38. The zero-order valence-corrected chi connectivity index (χ0v) is 15.2. The summed E-state index contributed by atoms with van der Waals surface area (Å²) < 4.78 is 6.75. The maximum absolute atomic E-state index is 12.4. The first-order valence-electron chi connectivity index (χ1n) is 8.22. The zero-order chi connectivity index (χ0) is 19.0. The molecule has 0 atom stereocenters. The molecule has 3 heterocycles. The average molecular weight is 384 g/mol. The quantitative estimate of drug-likeness (QED) is 0.486. The predicted molar refractivity (Wildman–Crippen MR) is 104 cm³/mol. The first-order valence-corrected chi connectivity index (χ1v) is 9.10. The van der Waals surface area contributed by atoms with Crippen LogP contribution < -0.4 is 21.3 Å². The number of nitrogens with one attached hydrogen (secondary N) is 3. The van der Waals surface area contributed by atoms with Gasteiger partial charge in [0.25, 0.3) is 11.5 Å². The first kappa shape index (κ1) is 17.1. The Morgan fingerprint density at radius 2 is 2.04 bits per heavy atom. The van der Waals surface area contributed by atoms with Crippen molar-refractivity contribution < 1.29 is 9.53 Å². The Bertz CT molecular complexity index is 1260. The van der Waals surface area contributed by atoms with Gasteiger partial charge in [0.15, 0.2) is 0 Å². The van der Waals surface area contributed by atoms with E-state index >= 15 is 0 Å². The van der Waals surface area contributed by atoms with Gasteiger partial charge in [-0.15, -0.1) is 11.3 Å². The number of hydrogen-bond acceptors (Lipinski definition) is 5. The van der Waals surface area contributed by atoms with Crippen LogP contribution in [0.15, 0.2) is 45.3 Å². The molecule has 3 aromatic heterocycles. The molecule has 0 unspecified atom stereocenters. The van der Waals surface area contributed by atoms with E-state index in [1.165, 1.54) is 11.3 Å². The molecule has 1 aromatic carbocycles. The van der Waals surface area contributed by atoms with E-state index in [4.69, 9.17) is 4.74 Å². The van der Waals surface area contributed by atoms with E-state index in [0.29, 0.717) is 21.7 Å². The molecular formula is C18H16N4O4S. The van der Waals surface area contributed by atoms with Gasteiger partial charge < -0.3 is 20.0 Å². The average Bonchev–Trinajstić information content (AvgIpc) is 3.30. The molecule has 8 nitrogen and oxygen atoms in total. The molecule has 0 spiro atoms. The summed E-state index contributed by atoms with van der Waals surface area (Å²) >= 11 is 1.27. The molecule has 3 N–H and O–H groups in total. The van der Waals surface area contributed by atoms with Crippen molar-refractivity contribution in [3.8, 4) is 5.75 Å². The Hall–Kier alpha value is -3.33. The number of benzene rings is 1. The number of fused-ring (bicyclic) bond motifs is 2. The fourth-order valence-corrected chi connectivity index (χ4v) is 3.70. The van der Waals surface area contributed by atoms with Crippen LogP contribution in [0.3, 0.4) is 0 Å². The number of methoxy groups -OCH3 is 1. The molecule has 0 saturated heterocycles. The van der Waals surface area contributed by atoms with Gasteiger partial charge in [-0.1, -0.05) is 0 Å². The van der Waals surface area contributed by atoms with Crippen LogP contribution in [0.25, 0.3) is 21.1 Å². The maximum atomic E-state index is 12.4. The van der Waals surface area contributed by atoms with Gasteiger partial charge in [-0.05, 0) is 29.6 Å². The molecule has 9 heteroatoms. The number of aromatic amines is 2. The van der Waals surface area contributed by atoms with Crippen molar-refractivity contribution in [2.45, 2.75) is 6.54 Å². The molecule has 1 amide bonds. The number of aromatic nitrogens is 3. The number of H-pyrrole nitrogens is 2. The molecule has 0 aliphatic rings. The van der Waals surface area contributed by atoms with Crippen molar-refractivity contribution in [1.29, 1.82) is 0 Å². The van der Waals surface area contributed by atoms with Crippen molar-refractivity contribution in [1.82, 2.24) is 19.9 Å². The summed E-state index contributed by atoms with van der Waals surface area (Å²) in [6, 6.07) is 8.91. The van der Waals surface area contributed by atoms with Crippen LogP contribution >= 0.6 is 11.3 Å². The monoisotopic (exact) mass is 384 g/mol. The van der Waals surface area contributed by atoms with Gasteiger partial charge in [-0.3, -0.25) is 14.2 Å². The van der Waals surface area contributed by atoms with Crippen molar-refractivity contribution >= 4 is 38.4 Å². The molecule has 4 rings (SSSR count). The van der Waals surface area contributed by atoms with Crippen molar-refractivity contribution in [2.24, 2.45) is 0 Å². The molecule has 0 fully saturated rings. The van der Waals surface area contributed by atoms with Crippen molar-refractivity contribution in [3.05, 3.63) is 62.2 Å². The van der Waals surface area contributed by atoms with Gasteiger partial charge >= 0.3 is 5.69 Å². The van der Waals surface area contributed by atoms with E-state index in [1.54, 1.807) is 24.6 Å². The highest BCUT2D eigenvalue weighted by Gasteiger charge is 2.12. The molecule has 0 aliphatic carbocycles. The largest absolute Gasteiger partial charge is 0.497 e. The number of amides is 1. The van der Waals surface area contributed by atoms with E-state index in [9.17, 15) is 14.4 Å². The zero-order valence-electron chi connectivity index (χ0n) is 14.4. The fraction of sp³-hybridized carbons (Fsp3) is 0.167. The van der Waals surface area contributed by atoms with Crippen LogP contribution in [-0.2, 0) is 6.54 Å². The third-order valence-electron chi connectivity index (χ3n) is 4.29. The first-order chi connectivity index (χ1) is 13.1. The lowest BCUT2D eigenvalue weighted by Gasteiger charge is -2.06. The van der Waals surface area contributed by atoms with Crippen molar-refractivity contribution in [3.63, 3.8) is 0 Å². The Morgan fingerprint density at radius 3 is 2.85 bits per heavy atom. The highest BCUT2D eigenvalue weighted by molar-refractivity contribution is 7.17. The highest BCUT2D eigenvalue weighted by atomic mass is 32.1. The van der Waals surface area contributed by atoms with Crippen LogP contribution in [0.2, 0.25) is 0 Å². The minimum atomic E-state index is -0.488. The number of carbonyl (C=O) groups excluding carboxylic acids is 1. The Kier molecular flexibility index (Phi) is 4.28. The molecular weight excluding hydrogens is 368 g/mol. The number of nitrogens with zero attached hydrogens (tertiary/aromatic N) is 1. The lowest BCUT2D eigenvalue weighted by atomic mass is 10.2. The molecule has 0 radical (unpaired) electrons. The van der Waals surface area contributed by atoms with Gasteiger partial charge in [0.1, 0.15) is 16.1 Å². The molecule has 0 saturated carbocycles. The molecule has 138 valence electrons. The lowest BCUT2D eigenvalue weighted by molar-refractivity contribution is 0.0948. The van der Waals surface area contributed by atoms with Crippen LogP contribution in [0.5, 0.6) is 5.75 Å². The Balaban J connectivity index is 1.48. The van der Waals surface area contributed by atoms with Gasteiger partial charge in [0.05, 0.1) is 12.6 Å².